The number of hydrogen-bond donors (Lipinski definition) is 2. The standard InChI is InChI=1S/C22H19Cl2N7O3S2/c1-12-27-29-21(36-12)26-19(32)11-35-22-30-28-18(31(22)14-6-7-16(23)17(24)9-14)10-25-20(33)13-4-3-5-15(8-13)34-2/h3-9H,10-11H2,1-2H3,(H,25,33)(H,26,29,32). The Morgan fingerprint density at radius 3 is 2.64 bits per heavy atom. The van der Waals surface area contributed by atoms with Gasteiger partial charge in [-0.15, -0.1) is 20.4 Å². The molecule has 4 rings (SSSR count). The Morgan fingerprint density at radius 1 is 1.08 bits per heavy atom. The molecule has 14 heteroatoms. The summed E-state index contributed by atoms with van der Waals surface area (Å²) in [7, 11) is 1.53. The number of benzene rings is 2. The zero-order chi connectivity index (χ0) is 25.7. The minimum absolute atomic E-state index is 0.0499. The van der Waals surface area contributed by atoms with Gasteiger partial charge in [-0.2, -0.15) is 0 Å². The van der Waals surface area contributed by atoms with Gasteiger partial charge in [0.15, 0.2) is 11.0 Å². The number of ether oxygens (including phenoxy) is 1. The monoisotopic (exact) mass is 563 g/mol. The van der Waals surface area contributed by atoms with Crippen molar-refractivity contribution in [3.8, 4) is 11.4 Å². The van der Waals surface area contributed by atoms with Crippen LogP contribution in [-0.4, -0.2) is 49.6 Å². The van der Waals surface area contributed by atoms with E-state index in [1.54, 1.807) is 54.0 Å². The van der Waals surface area contributed by atoms with Crippen LogP contribution in [0.1, 0.15) is 21.2 Å². The van der Waals surface area contributed by atoms with E-state index < -0.39 is 0 Å². The summed E-state index contributed by atoms with van der Waals surface area (Å²) in [5.74, 6) is 0.481. The molecule has 0 aliphatic carbocycles. The van der Waals surface area contributed by atoms with Crippen molar-refractivity contribution in [3.63, 3.8) is 0 Å². The molecule has 2 N–H and O–H groups in total. The summed E-state index contributed by atoms with van der Waals surface area (Å²) in [4.78, 5) is 25.1. The van der Waals surface area contributed by atoms with Gasteiger partial charge in [0.1, 0.15) is 10.8 Å². The Morgan fingerprint density at radius 2 is 1.92 bits per heavy atom. The fourth-order valence-corrected chi connectivity index (χ4v) is 4.72. The van der Waals surface area contributed by atoms with E-state index in [-0.39, 0.29) is 24.1 Å². The second-order valence-corrected chi connectivity index (χ2v) is 10.1. The van der Waals surface area contributed by atoms with Crippen molar-refractivity contribution in [2.24, 2.45) is 0 Å². The largest absolute Gasteiger partial charge is 0.497 e. The summed E-state index contributed by atoms with van der Waals surface area (Å²) in [5, 5.41) is 24.1. The smallest absolute Gasteiger partial charge is 0.251 e. The number of amides is 2. The summed E-state index contributed by atoms with van der Waals surface area (Å²) in [6.45, 7) is 1.87. The molecule has 0 atom stereocenters. The number of aromatic nitrogens is 5. The molecule has 0 fully saturated rings. The van der Waals surface area contributed by atoms with Crippen molar-refractivity contribution in [1.29, 1.82) is 0 Å². The van der Waals surface area contributed by atoms with Crippen molar-refractivity contribution in [2.45, 2.75) is 18.6 Å². The van der Waals surface area contributed by atoms with Crippen LogP contribution >= 0.6 is 46.3 Å². The SMILES string of the molecule is COc1cccc(C(=O)NCc2nnc(SCC(=O)Nc3nnc(C)s3)n2-c2ccc(Cl)c(Cl)c2)c1. The van der Waals surface area contributed by atoms with Crippen molar-refractivity contribution in [1.82, 2.24) is 30.3 Å². The van der Waals surface area contributed by atoms with Crippen molar-refractivity contribution in [2.75, 3.05) is 18.2 Å². The summed E-state index contributed by atoms with van der Waals surface area (Å²) >= 11 is 14.8. The van der Waals surface area contributed by atoms with Gasteiger partial charge < -0.3 is 10.1 Å². The van der Waals surface area contributed by atoms with E-state index in [1.807, 2.05) is 0 Å². The molecular weight excluding hydrogens is 545 g/mol. The second-order valence-electron chi connectivity index (χ2n) is 7.21. The Bertz CT molecular complexity index is 1410. The van der Waals surface area contributed by atoms with Gasteiger partial charge in [-0.3, -0.25) is 19.5 Å². The topological polar surface area (TPSA) is 124 Å². The molecule has 0 bridgehead atoms. The zero-order valence-corrected chi connectivity index (χ0v) is 22.1. The van der Waals surface area contributed by atoms with Crippen molar-refractivity contribution < 1.29 is 14.3 Å². The minimum atomic E-state index is -0.307. The number of methoxy groups -OCH3 is 1. The Labute approximate surface area is 224 Å². The number of hydrogen-bond acceptors (Lipinski definition) is 9. The van der Waals surface area contributed by atoms with Gasteiger partial charge in [0.25, 0.3) is 5.91 Å². The third kappa shape index (κ3) is 6.32. The van der Waals surface area contributed by atoms with Crippen LogP contribution in [0.15, 0.2) is 47.6 Å². The molecule has 0 saturated carbocycles. The number of anilines is 1. The predicted molar refractivity (Wildman–Crippen MR) is 140 cm³/mol. The highest BCUT2D eigenvalue weighted by atomic mass is 35.5. The summed E-state index contributed by atoms with van der Waals surface area (Å²) in [6.07, 6.45) is 0. The van der Waals surface area contributed by atoms with Crippen molar-refractivity contribution >= 4 is 63.2 Å². The lowest BCUT2D eigenvalue weighted by Gasteiger charge is -2.12. The van der Waals surface area contributed by atoms with E-state index in [1.165, 1.54) is 30.2 Å². The second kappa shape index (κ2) is 11.7. The van der Waals surface area contributed by atoms with E-state index in [9.17, 15) is 9.59 Å². The van der Waals surface area contributed by atoms with Crippen molar-refractivity contribution in [3.05, 3.63) is 68.9 Å². The number of carbonyl (C=O) groups is 2. The molecule has 2 aromatic heterocycles. The van der Waals surface area contributed by atoms with Crippen LogP contribution in [0.2, 0.25) is 10.0 Å². The molecule has 0 radical (unpaired) electrons. The average Bonchev–Trinajstić information content (AvgIpc) is 3.48. The van der Waals surface area contributed by atoms with Crippen LogP contribution in [0.4, 0.5) is 5.13 Å². The highest BCUT2D eigenvalue weighted by Gasteiger charge is 2.18. The number of halogens is 2. The predicted octanol–water partition coefficient (Wildman–Crippen LogP) is 4.40. The fourth-order valence-electron chi connectivity index (χ4n) is 3.05. The van der Waals surface area contributed by atoms with E-state index in [0.717, 1.165) is 5.01 Å². The maximum absolute atomic E-state index is 12.7. The molecule has 0 aliphatic heterocycles. The molecule has 2 heterocycles. The maximum atomic E-state index is 12.7. The third-order valence-corrected chi connectivity index (χ3v) is 7.13. The molecule has 4 aromatic rings. The van der Waals surface area contributed by atoms with E-state index in [4.69, 9.17) is 27.9 Å². The minimum Gasteiger partial charge on any atom is -0.497 e. The summed E-state index contributed by atoms with van der Waals surface area (Å²) < 4.78 is 6.89. The first-order valence-electron chi connectivity index (χ1n) is 10.4. The first-order valence-corrected chi connectivity index (χ1v) is 12.9. The molecule has 10 nitrogen and oxygen atoms in total. The maximum Gasteiger partial charge on any atom is 0.251 e. The van der Waals surface area contributed by atoms with Gasteiger partial charge in [-0.1, -0.05) is 52.4 Å². The lowest BCUT2D eigenvalue weighted by Crippen LogP contribution is -2.24. The van der Waals surface area contributed by atoms with E-state index in [0.29, 0.717) is 43.2 Å². The van der Waals surface area contributed by atoms with Gasteiger partial charge in [0, 0.05) is 5.56 Å². The number of rotatable bonds is 9. The number of carbonyl (C=O) groups excluding carboxylic acids is 2. The molecule has 186 valence electrons. The quantitative estimate of drug-likeness (QED) is 0.287. The highest BCUT2D eigenvalue weighted by molar-refractivity contribution is 7.99. The van der Waals surface area contributed by atoms with Gasteiger partial charge in [0.05, 0.1) is 35.1 Å². The molecule has 2 aromatic carbocycles. The van der Waals surface area contributed by atoms with Crippen LogP contribution in [0, 0.1) is 6.92 Å². The molecule has 0 aliphatic rings. The van der Waals surface area contributed by atoms with Crippen LogP contribution < -0.4 is 15.4 Å². The zero-order valence-electron chi connectivity index (χ0n) is 19.0. The Hall–Kier alpha value is -3.19. The highest BCUT2D eigenvalue weighted by Crippen LogP contribution is 2.28. The van der Waals surface area contributed by atoms with Gasteiger partial charge in [-0.25, -0.2) is 0 Å². The van der Waals surface area contributed by atoms with Gasteiger partial charge in [-0.05, 0) is 43.3 Å². The van der Waals surface area contributed by atoms with E-state index in [2.05, 4.69) is 31.0 Å². The Kier molecular flexibility index (Phi) is 8.41. The number of aryl methyl sites for hydroxylation is 1. The molecule has 0 unspecified atom stereocenters. The van der Waals surface area contributed by atoms with Gasteiger partial charge >= 0.3 is 0 Å². The van der Waals surface area contributed by atoms with E-state index >= 15 is 0 Å². The number of nitrogens with one attached hydrogen (secondary N) is 2. The van der Waals surface area contributed by atoms with Gasteiger partial charge in [0.2, 0.25) is 11.0 Å². The molecule has 0 saturated heterocycles. The molecule has 2 amide bonds. The lowest BCUT2D eigenvalue weighted by molar-refractivity contribution is -0.113. The summed E-state index contributed by atoms with van der Waals surface area (Å²) in [6, 6.07) is 11.9. The molecule has 36 heavy (non-hydrogen) atoms. The average molecular weight is 564 g/mol. The summed E-state index contributed by atoms with van der Waals surface area (Å²) in [5.41, 5.74) is 1.07. The molecule has 0 spiro atoms. The Balaban J connectivity index is 1.53. The first kappa shape index (κ1) is 25.9. The first-order chi connectivity index (χ1) is 17.3. The van der Waals surface area contributed by atoms with Crippen LogP contribution in [0.3, 0.4) is 0 Å². The number of thioether (sulfide) groups is 1. The van der Waals surface area contributed by atoms with Crippen LogP contribution in [-0.2, 0) is 11.3 Å². The van der Waals surface area contributed by atoms with Crippen LogP contribution in [0.5, 0.6) is 5.75 Å². The fraction of sp³-hybridized carbons (Fsp3) is 0.182. The number of nitrogens with zero attached hydrogens (tertiary/aromatic N) is 5. The third-order valence-electron chi connectivity index (χ3n) is 4.71. The molecular formula is C22H19Cl2N7O3S2. The lowest BCUT2D eigenvalue weighted by atomic mass is 10.2. The normalized spacial score (nSPS) is 10.8. The van der Waals surface area contributed by atoms with Crippen LogP contribution in [0.25, 0.3) is 5.69 Å².